The third-order valence-corrected chi connectivity index (χ3v) is 2.71. The Balaban J connectivity index is 2.15. The zero-order valence-corrected chi connectivity index (χ0v) is 10.8. The lowest BCUT2D eigenvalue weighted by Gasteiger charge is -2.03. The van der Waals surface area contributed by atoms with E-state index in [-0.39, 0.29) is 10.8 Å². The van der Waals surface area contributed by atoms with Crippen LogP contribution in [0.1, 0.15) is 5.56 Å². The van der Waals surface area contributed by atoms with Gasteiger partial charge in [0.2, 0.25) is 0 Å². The minimum absolute atomic E-state index is 0.0190. The van der Waals surface area contributed by atoms with E-state index in [0.717, 1.165) is 4.68 Å². The lowest BCUT2D eigenvalue weighted by molar-refractivity contribution is 0.475. The Kier molecular flexibility index (Phi) is 3.82. The highest BCUT2D eigenvalue weighted by atomic mass is 35.5. The fourth-order valence-corrected chi connectivity index (χ4v) is 1.58. The molecule has 1 heterocycles. The average molecular weight is 279 g/mol. The van der Waals surface area contributed by atoms with Crippen LogP contribution in [0.3, 0.4) is 0 Å². The molecule has 6 nitrogen and oxygen atoms in total. The molecule has 2 rings (SSSR count). The normalized spacial score (nSPS) is 10.8. The van der Waals surface area contributed by atoms with Gasteiger partial charge in [0.05, 0.1) is 12.4 Å². The molecule has 0 saturated carbocycles. The summed E-state index contributed by atoms with van der Waals surface area (Å²) in [6.07, 6.45) is 2.90. The summed E-state index contributed by atoms with van der Waals surface area (Å²) in [7, 11) is 1.51. The fraction of sp³-hybridized carbons (Fsp3) is 0.0833. The number of nitrogens with zero attached hydrogens (tertiary/aromatic N) is 3. The first kappa shape index (κ1) is 13.1. The SMILES string of the molecule is Cn1ncc(N/N=C\c2cccc(O)c2)c(Cl)c1=O. The number of phenolic OH excluding ortho intramolecular Hbond substituents is 1. The summed E-state index contributed by atoms with van der Waals surface area (Å²) in [5.41, 5.74) is 3.25. The van der Waals surface area contributed by atoms with Crippen molar-refractivity contribution in [3.05, 3.63) is 51.4 Å². The highest BCUT2D eigenvalue weighted by Crippen LogP contribution is 2.15. The molecule has 0 atom stereocenters. The lowest BCUT2D eigenvalue weighted by atomic mass is 10.2. The second-order valence-corrected chi connectivity index (χ2v) is 4.14. The van der Waals surface area contributed by atoms with Crippen molar-refractivity contribution < 1.29 is 5.11 Å². The number of benzene rings is 1. The Morgan fingerprint density at radius 2 is 2.32 bits per heavy atom. The van der Waals surface area contributed by atoms with Crippen molar-refractivity contribution in [1.82, 2.24) is 9.78 Å². The zero-order valence-electron chi connectivity index (χ0n) is 10.0. The van der Waals surface area contributed by atoms with Crippen LogP contribution in [0.25, 0.3) is 0 Å². The third-order valence-electron chi connectivity index (χ3n) is 2.35. The molecule has 98 valence electrons. The smallest absolute Gasteiger partial charge is 0.287 e. The molecule has 19 heavy (non-hydrogen) atoms. The van der Waals surface area contributed by atoms with Crippen LogP contribution in [0.4, 0.5) is 5.69 Å². The third kappa shape index (κ3) is 3.11. The molecule has 1 aromatic carbocycles. The predicted octanol–water partition coefficient (Wildman–Crippen LogP) is 1.59. The van der Waals surface area contributed by atoms with Crippen molar-refractivity contribution in [1.29, 1.82) is 0 Å². The number of aryl methyl sites for hydroxylation is 1. The number of phenols is 1. The molecule has 0 bridgehead atoms. The van der Waals surface area contributed by atoms with Gasteiger partial charge < -0.3 is 5.11 Å². The van der Waals surface area contributed by atoms with Crippen molar-refractivity contribution in [2.45, 2.75) is 0 Å². The van der Waals surface area contributed by atoms with Gasteiger partial charge in [-0.2, -0.15) is 10.2 Å². The van der Waals surface area contributed by atoms with E-state index in [4.69, 9.17) is 11.6 Å². The van der Waals surface area contributed by atoms with Crippen LogP contribution in [-0.2, 0) is 7.05 Å². The fourth-order valence-electron chi connectivity index (χ4n) is 1.37. The van der Waals surface area contributed by atoms with Gasteiger partial charge in [-0.05, 0) is 17.7 Å². The topological polar surface area (TPSA) is 79.5 Å². The molecular formula is C12H11ClN4O2. The summed E-state index contributed by atoms with van der Waals surface area (Å²) in [4.78, 5) is 11.5. The largest absolute Gasteiger partial charge is 0.508 e. The van der Waals surface area contributed by atoms with Crippen molar-refractivity contribution in [3.63, 3.8) is 0 Å². The van der Waals surface area contributed by atoms with E-state index >= 15 is 0 Å². The Morgan fingerprint density at radius 1 is 1.53 bits per heavy atom. The van der Waals surface area contributed by atoms with E-state index in [1.807, 2.05) is 0 Å². The minimum atomic E-state index is -0.403. The van der Waals surface area contributed by atoms with Gasteiger partial charge in [0.25, 0.3) is 5.56 Å². The Hall–Kier alpha value is -2.34. The Bertz CT molecular complexity index is 682. The molecule has 0 amide bonds. The van der Waals surface area contributed by atoms with E-state index in [0.29, 0.717) is 11.3 Å². The average Bonchev–Trinajstić information content (AvgIpc) is 2.39. The molecular weight excluding hydrogens is 268 g/mol. The number of rotatable bonds is 3. The summed E-state index contributed by atoms with van der Waals surface area (Å²) in [6.45, 7) is 0. The van der Waals surface area contributed by atoms with Crippen molar-refractivity contribution >= 4 is 23.5 Å². The minimum Gasteiger partial charge on any atom is -0.508 e. The van der Waals surface area contributed by atoms with E-state index in [2.05, 4.69) is 15.6 Å². The van der Waals surface area contributed by atoms with Crippen molar-refractivity contribution in [2.24, 2.45) is 12.1 Å². The lowest BCUT2D eigenvalue weighted by Crippen LogP contribution is -2.20. The number of hydrogen-bond donors (Lipinski definition) is 2. The second kappa shape index (κ2) is 5.53. The molecule has 0 spiro atoms. The van der Waals surface area contributed by atoms with Gasteiger partial charge in [-0.25, -0.2) is 4.68 Å². The zero-order chi connectivity index (χ0) is 13.8. The Labute approximate surface area is 114 Å². The first-order valence-corrected chi connectivity index (χ1v) is 5.75. The molecule has 2 N–H and O–H groups in total. The first-order valence-electron chi connectivity index (χ1n) is 5.38. The molecule has 2 aromatic rings. The molecule has 0 unspecified atom stereocenters. The van der Waals surface area contributed by atoms with E-state index < -0.39 is 5.56 Å². The van der Waals surface area contributed by atoms with E-state index in [1.165, 1.54) is 19.5 Å². The highest BCUT2D eigenvalue weighted by Gasteiger charge is 2.05. The molecule has 0 aliphatic heterocycles. The van der Waals surface area contributed by atoms with Gasteiger partial charge >= 0.3 is 0 Å². The van der Waals surface area contributed by atoms with Crippen LogP contribution in [0.15, 0.2) is 40.4 Å². The van der Waals surface area contributed by atoms with Crippen molar-refractivity contribution in [3.8, 4) is 5.75 Å². The maximum atomic E-state index is 11.5. The van der Waals surface area contributed by atoms with Gasteiger partial charge in [-0.1, -0.05) is 23.7 Å². The summed E-state index contributed by atoms with van der Waals surface area (Å²) in [5, 5.41) is 17.1. The van der Waals surface area contributed by atoms with Crippen molar-refractivity contribution in [2.75, 3.05) is 5.43 Å². The number of nitrogens with one attached hydrogen (secondary N) is 1. The van der Waals surface area contributed by atoms with Crippen LogP contribution < -0.4 is 11.0 Å². The van der Waals surface area contributed by atoms with E-state index in [9.17, 15) is 9.90 Å². The molecule has 0 radical (unpaired) electrons. The standard InChI is InChI=1S/C12H11ClN4O2/c1-17-12(19)11(13)10(7-15-17)16-14-6-8-3-2-4-9(18)5-8/h2-7,16,18H,1H3/b14-6-. The molecule has 0 aliphatic carbocycles. The summed E-state index contributed by atoms with van der Waals surface area (Å²) in [5.74, 6) is 0.150. The first-order chi connectivity index (χ1) is 9.08. The number of aromatic hydroxyl groups is 1. The van der Waals surface area contributed by atoms with Gasteiger partial charge in [-0.15, -0.1) is 0 Å². The summed E-state index contributed by atoms with van der Waals surface area (Å²) < 4.78 is 1.13. The van der Waals surface area contributed by atoms with Crippen LogP contribution >= 0.6 is 11.6 Å². The Morgan fingerprint density at radius 3 is 3.05 bits per heavy atom. The monoisotopic (exact) mass is 278 g/mol. The molecule has 0 fully saturated rings. The molecule has 1 aromatic heterocycles. The quantitative estimate of drug-likeness (QED) is 0.660. The van der Waals surface area contributed by atoms with Crippen LogP contribution in [0.5, 0.6) is 5.75 Å². The second-order valence-electron chi connectivity index (χ2n) is 3.77. The number of hydrogen-bond acceptors (Lipinski definition) is 5. The number of anilines is 1. The van der Waals surface area contributed by atoms with Crippen LogP contribution in [0.2, 0.25) is 5.02 Å². The van der Waals surface area contributed by atoms with Gasteiger partial charge in [0.1, 0.15) is 16.5 Å². The van der Waals surface area contributed by atoms with E-state index in [1.54, 1.807) is 24.3 Å². The number of halogens is 1. The van der Waals surface area contributed by atoms with Gasteiger partial charge in [-0.3, -0.25) is 10.2 Å². The number of aromatic nitrogens is 2. The molecule has 0 saturated heterocycles. The highest BCUT2D eigenvalue weighted by molar-refractivity contribution is 6.32. The number of hydrazone groups is 1. The van der Waals surface area contributed by atoms with Gasteiger partial charge in [0.15, 0.2) is 0 Å². The molecule has 7 heteroatoms. The summed E-state index contributed by atoms with van der Waals surface area (Å²) >= 11 is 5.86. The van der Waals surface area contributed by atoms with Crippen LogP contribution in [-0.4, -0.2) is 21.1 Å². The van der Waals surface area contributed by atoms with Crippen LogP contribution in [0, 0.1) is 0 Å². The summed E-state index contributed by atoms with van der Waals surface area (Å²) in [6, 6.07) is 6.58. The maximum Gasteiger partial charge on any atom is 0.287 e. The maximum absolute atomic E-state index is 11.5. The predicted molar refractivity (Wildman–Crippen MR) is 73.8 cm³/mol. The molecule has 0 aliphatic rings. The van der Waals surface area contributed by atoms with Gasteiger partial charge in [0, 0.05) is 7.05 Å².